The van der Waals surface area contributed by atoms with Gasteiger partial charge < -0.3 is 4.74 Å². The second-order valence-corrected chi connectivity index (χ2v) is 8.85. The molecule has 0 amide bonds. The van der Waals surface area contributed by atoms with Gasteiger partial charge in [0.1, 0.15) is 0 Å². The van der Waals surface area contributed by atoms with Crippen molar-refractivity contribution in [2.24, 2.45) is 4.99 Å². The maximum atomic E-state index is 13.5. The number of allylic oxidation sites excluding steroid dienone is 1. The van der Waals surface area contributed by atoms with E-state index in [1.54, 1.807) is 24.6 Å². The summed E-state index contributed by atoms with van der Waals surface area (Å²) < 4.78 is 10.2. The maximum Gasteiger partial charge on any atom is 0.338 e. The Bertz CT molecular complexity index is 1350. The van der Waals surface area contributed by atoms with Crippen LogP contribution in [0, 0.1) is 0 Å². The first kappa shape index (κ1) is 21.5. The molecule has 0 aliphatic carbocycles. The highest BCUT2D eigenvalue weighted by atomic mass is 79.9. The van der Waals surface area contributed by atoms with Gasteiger partial charge in [0.05, 0.1) is 34.1 Å². The molecule has 0 saturated heterocycles. The number of ether oxygens (including phenoxy) is 1. The Morgan fingerprint density at radius 1 is 1.26 bits per heavy atom. The number of nitrogens with zero attached hydrogens (tertiary/aromatic N) is 4. The van der Waals surface area contributed by atoms with E-state index in [-0.39, 0.29) is 12.2 Å². The predicted octanol–water partition coefficient (Wildman–Crippen LogP) is 2.78. The van der Waals surface area contributed by atoms with Crippen LogP contribution in [0.25, 0.3) is 6.08 Å². The van der Waals surface area contributed by atoms with Crippen molar-refractivity contribution in [2.45, 2.75) is 33.4 Å². The first-order valence-corrected chi connectivity index (χ1v) is 11.5. The summed E-state index contributed by atoms with van der Waals surface area (Å²) in [5, 5.41) is 4.26. The van der Waals surface area contributed by atoms with Gasteiger partial charge >= 0.3 is 5.97 Å². The summed E-state index contributed by atoms with van der Waals surface area (Å²) in [5.41, 5.74) is 2.38. The molecular weight excluding hydrogens is 480 g/mol. The summed E-state index contributed by atoms with van der Waals surface area (Å²) in [6.07, 6.45) is 3.53. The number of halogens is 1. The van der Waals surface area contributed by atoms with E-state index in [0.717, 1.165) is 15.7 Å². The predicted molar refractivity (Wildman–Crippen MR) is 122 cm³/mol. The van der Waals surface area contributed by atoms with Gasteiger partial charge in [-0.3, -0.25) is 14.0 Å². The minimum Gasteiger partial charge on any atom is -0.463 e. The van der Waals surface area contributed by atoms with Crippen molar-refractivity contribution in [3.8, 4) is 0 Å². The molecule has 1 aliphatic heterocycles. The average molecular weight is 501 g/mol. The van der Waals surface area contributed by atoms with Crippen LogP contribution in [0.2, 0.25) is 0 Å². The average Bonchev–Trinajstić information content (AvgIpc) is 3.32. The van der Waals surface area contributed by atoms with Crippen LogP contribution in [0.5, 0.6) is 0 Å². The normalized spacial score (nSPS) is 16.3. The molecule has 3 heterocycles. The van der Waals surface area contributed by atoms with E-state index in [9.17, 15) is 9.59 Å². The van der Waals surface area contributed by atoms with E-state index >= 15 is 0 Å². The molecule has 2 aromatic heterocycles. The second-order valence-electron chi connectivity index (χ2n) is 6.93. The molecule has 0 spiro atoms. The monoisotopic (exact) mass is 500 g/mol. The summed E-state index contributed by atoms with van der Waals surface area (Å²) in [6.45, 7) is 6.48. The molecule has 4 rings (SSSR count). The van der Waals surface area contributed by atoms with Crippen molar-refractivity contribution >= 4 is 39.3 Å². The zero-order valence-corrected chi connectivity index (χ0v) is 19.7. The number of hydrogen-bond acceptors (Lipinski definition) is 6. The fraction of sp³-hybridized carbons (Fsp3) is 0.273. The van der Waals surface area contributed by atoms with E-state index in [0.29, 0.717) is 27.1 Å². The van der Waals surface area contributed by atoms with E-state index in [4.69, 9.17) is 4.74 Å². The molecule has 1 atom stereocenters. The van der Waals surface area contributed by atoms with Gasteiger partial charge in [-0.05, 0) is 50.6 Å². The van der Waals surface area contributed by atoms with Gasteiger partial charge in [-0.2, -0.15) is 5.10 Å². The molecule has 0 fully saturated rings. The lowest BCUT2D eigenvalue weighted by molar-refractivity contribution is -0.139. The summed E-state index contributed by atoms with van der Waals surface area (Å²) in [7, 11) is 0. The van der Waals surface area contributed by atoms with Crippen LogP contribution in [0.4, 0.5) is 0 Å². The number of carbonyl (C=O) groups is 1. The molecular formula is C22H21BrN4O3S. The lowest BCUT2D eigenvalue weighted by Gasteiger charge is -2.24. The smallest absolute Gasteiger partial charge is 0.338 e. The van der Waals surface area contributed by atoms with Crippen molar-refractivity contribution in [1.29, 1.82) is 0 Å². The van der Waals surface area contributed by atoms with Gasteiger partial charge in [0.2, 0.25) is 0 Å². The Morgan fingerprint density at radius 2 is 2.00 bits per heavy atom. The van der Waals surface area contributed by atoms with Crippen molar-refractivity contribution in [3.05, 3.63) is 83.2 Å². The third kappa shape index (κ3) is 3.95. The molecule has 0 unspecified atom stereocenters. The summed E-state index contributed by atoms with van der Waals surface area (Å²) in [6, 6.07) is 8.84. The summed E-state index contributed by atoms with van der Waals surface area (Å²) in [5.74, 6) is -0.463. The van der Waals surface area contributed by atoms with Crippen molar-refractivity contribution in [2.75, 3.05) is 6.61 Å². The molecule has 0 bridgehead atoms. The lowest BCUT2D eigenvalue weighted by atomic mass is 9.96. The van der Waals surface area contributed by atoms with Crippen LogP contribution in [-0.4, -0.2) is 26.9 Å². The number of aromatic nitrogens is 3. The summed E-state index contributed by atoms with van der Waals surface area (Å²) >= 11 is 4.75. The fourth-order valence-corrected chi connectivity index (χ4v) is 4.91. The van der Waals surface area contributed by atoms with Gasteiger partial charge in [0.25, 0.3) is 5.56 Å². The Balaban J connectivity index is 1.96. The minimum atomic E-state index is -0.610. The largest absolute Gasteiger partial charge is 0.463 e. The molecule has 7 nitrogen and oxygen atoms in total. The Labute approximate surface area is 191 Å². The highest BCUT2D eigenvalue weighted by Gasteiger charge is 2.33. The number of hydrogen-bond donors (Lipinski definition) is 0. The minimum absolute atomic E-state index is 0.199. The van der Waals surface area contributed by atoms with E-state index in [1.165, 1.54) is 11.3 Å². The molecule has 1 aromatic carbocycles. The molecule has 3 aromatic rings. The van der Waals surface area contributed by atoms with Gasteiger partial charge in [0.15, 0.2) is 4.80 Å². The fourth-order valence-electron chi connectivity index (χ4n) is 3.62. The van der Waals surface area contributed by atoms with Crippen molar-refractivity contribution in [1.82, 2.24) is 14.3 Å². The van der Waals surface area contributed by atoms with Crippen LogP contribution >= 0.6 is 27.3 Å². The van der Waals surface area contributed by atoms with Crippen LogP contribution in [0.1, 0.15) is 38.1 Å². The third-order valence-corrected chi connectivity index (χ3v) is 6.54. The second kappa shape index (κ2) is 8.76. The lowest BCUT2D eigenvalue weighted by Crippen LogP contribution is -2.40. The van der Waals surface area contributed by atoms with E-state index in [1.807, 2.05) is 48.0 Å². The number of rotatable bonds is 5. The van der Waals surface area contributed by atoms with Gasteiger partial charge in [-0.25, -0.2) is 9.79 Å². The van der Waals surface area contributed by atoms with Crippen LogP contribution < -0.4 is 14.9 Å². The number of esters is 1. The SMILES string of the molecule is CCOC(=O)C1=C(C)N=c2s/c(=C/c3ccnn3CC)c(=O)n2[C@@H]1c1ccc(Br)cc1. The van der Waals surface area contributed by atoms with Gasteiger partial charge in [-0.15, -0.1) is 0 Å². The van der Waals surface area contributed by atoms with Crippen LogP contribution in [0.15, 0.2) is 62.1 Å². The zero-order valence-electron chi connectivity index (χ0n) is 17.3. The van der Waals surface area contributed by atoms with Crippen LogP contribution in [0.3, 0.4) is 0 Å². The highest BCUT2D eigenvalue weighted by Crippen LogP contribution is 2.31. The number of thiazole rings is 1. The van der Waals surface area contributed by atoms with E-state index in [2.05, 4.69) is 26.0 Å². The van der Waals surface area contributed by atoms with E-state index < -0.39 is 12.0 Å². The third-order valence-electron chi connectivity index (χ3n) is 5.03. The summed E-state index contributed by atoms with van der Waals surface area (Å²) in [4.78, 5) is 31.5. The Kier molecular flexibility index (Phi) is 6.06. The number of aryl methyl sites for hydroxylation is 1. The Morgan fingerprint density at radius 3 is 2.68 bits per heavy atom. The van der Waals surface area contributed by atoms with Crippen LogP contribution in [-0.2, 0) is 16.1 Å². The first-order valence-electron chi connectivity index (χ1n) is 9.91. The quantitative estimate of drug-likeness (QED) is 0.504. The Hall–Kier alpha value is -2.78. The number of fused-ring (bicyclic) bond motifs is 1. The molecule has 160 valence electrons. The molecule has 0 radical (unpaired) electrons. The van der Waals surface area contributed by atoms with Crippen molar-refractivity contribution in [3.63, 3.8) is 0 Å². The van der Waals surface area contributed by atoms with Gasteiger partial charge in [-0.1, -0.05) is 39.4 Å². The standard InChI is InChI=1S/C22H21BrN4O3S/c1-4-26-16(10-11-24-26)12-17-20(28)27-19(14-6-8-15(23)9-7-14)18(21(29)30-5-2)13(3)25-22(27)31-17/h6-12,19H,4-5H2,1-3H3/b17-12+/t19-/m1/s1. The molecule has 0 N–H and O–H groups in total. The van der Waals surface area contributed by atoms with Gasteiger partial charge in [0, 0.05) is 17.2 Å². The van der Waals surface area contributed by atoms with Crippen molar-refractivity contribution < 1.29 is 9.53 Å². The zero-order chi connectivity index (χ0) is 22.1. The molecule has 0 saturated carbocycles. The molecule has 31 heavy (non-hydrogen) atoms. The number of carbonyl (C=O) groups excluding carboxylic acids is 1. The molecule has 1 aliphatic rings. The molecule has 9 heteroatoms. The topological polar surface area (TPSA) is 78.5 Å². The first-order chi connectivity index (χ1) is 14.9. The number of benzene rings is 1. The maximum absolute atomic E-state index is 13.5. The highest BCUT2D eigenvalue weighted by molar-refractivity contribution is 9.10.